The molecule has 1 aromatic carbocycles. The summed E-state index contributed by atoms with van der Waals surface area (Å²) in [6.45, 7) is 5.17. The summed E-state index contributed by atoms with van der Waals surface area (Å²) in [5.41, 5.74) is 1.70. The van der Waals surface area contributed by atoms with Gasteiger partial charge in [-0.1, -0.05) is 11.6 Å². The van der Waals surface area contributed by atoms with Gasteiger partial charge in [0.25, 0.3) is 0 Å². The standard InChI is InChI=1S/C11H13ClO3/c1-6-5-10(7(2)4-9(6)12)15-8(3)11(13)14/h4-5,8H,1-3H3,(H,13,14). The molecule has 0 aliphatic rings. The van der Waals surface area contributed by atoms with Crippen molar-refractivity contribution in [3.05, 3.63) is 28.3 Å². The summed E-state index contributed by atoms with van der Waals surface area (Å²) in [5.74, 6) is -0.422. The van der Waals surface area contributed by atoms with Crippen LogP contribution in [0.2, 0.25) is 5.02 Å². The van der Waals surface area contributed by atoms with Crippen molar-refractivity contribution >= 4 is 17.6 Å². The van der Waals surface area contributed by atoms with Crippen molar-refractivity contribution in [3.63, 3.8) is 0 Å². The molecule has 0 aromatic heterocycles. The summed E-state index contributed by atoms with van der Waals surface area (Å²) in [6.07, 6.45) is -0.857. The fourth-order valence-electron chi connectivity index (χ4n) is 1.12. The quantitative estimate of drug-likeness (QED) is 0.866. The van der Waals surface area contributed by atoms with Gasteiger partial charge in [0.1, 0.15) is 5.75 Å². The first kappa shape index (κ1) is 11.9. The van der Waals surface area contributed by atoms with Crippen LogP contribution in [0.15, 0.2) is 12.1 Å². The summed E-state index contributed by atoms with van der Waals surface area (Å²) in [6, 6.07) is 3.51. The number of carboxylic acid groups (broad SMARTS) is 1. The van der Waals surface area contributed by atoms with Gasteiger partial charge in [-0.3, -0.25) is 0 Å². The van der Waals surface area contributed by atoms with E-state index < -0.39 is 12.1 Å². The zero-order chi connectivity index (χ0) is 11.6. The zero-order valence-corrected chi connectivity index (χ0v) is 9.63. The fraction of sp³-hybridized carbons (Fsp3) is 0.364. The summed E-state index contributed by atoms with van der Waals surface area (Å²) >= 11 is 5.91. The fourth-order valence-corrected chi connectivity index (χ4v) is 1.34. The number of aryl methyl sites for hydroxylation is 2. The molecular formula is C11H13ClO3. The third kappa shape index (κ3) is 2.86. The molecule has 0 radical (unpaired) electrons. The first-order valence-corrected chi connectivity index (χ1v) is 4.96. The first-order valence-electron chi connectivity index (χ1n) is 4.58. The molecule has 0 spiro atoms. The zero-order valence-electron chi connectivity index (χ0n) is 8.87. The van der Waals surface area contributed by atoms with Gasteiger partial charge < -0.3 is 9.84 Å². The van der Waals surface area contributed by atoms with Crippen LogP contribution in [0, 0.1) is 13.8 Å². The summed E-state index contributed by atoms with van der Waals surface area (Å²) in [5, 5.41) is 9.36. The Hall–Kier alpha value is -1.22. The average molecular weight is 229 g/mol. The maximum atomic E-state index is 10.6. The molecule has 3 nitrogen and oxygen atoms in total. The van der Waals surface area contributed by atoms with Gasteiger partial charge in [-0.25, -0.2) is 4.79 Å². The molecule has 0 aliphatic heterocycles. The van der Waals surface area contributed by atoms with Crippen LogP contribution in [0.25, 0.3) is 0 Å². The van der Waals surface area contributed by atoms with Crippen LogP contribution < -0.4 is 4.74 Å². The molecule has 1 atom stereocenters. The van der Waals surface area contributed by atoms with E-state index in [9.17, 15) is 4.79 Å². The van der Waals surface area contributed by atoms with Crippen LogP contribution in [-0.2, 0) is 4.79 Å². The second kappa shape index (κ2) is 4.53. The SMILES string of the molecule is Cc1cc(OC(C)C(=O)O)c(C)cc1Cl. The first-order chi connectivity index (χ1) is 6.91. The van der Waals surface area contributed by atoms with E-state index in [1.165, 1.54) is 6.92 Å². The molecule has 1 N–H and O–H groups in total. The number of hydrogen-bond acceptors (Lipinski definition) is 2. The highest BCUT2D eigenvalue weighted by Crippen LogP contribution is 2.26. The highest BCUT2D eigenvalue weighted by Gasteiger charge is 2.14. The number of halogens is 1. The minimum atomic E-state index is -0.984. The molecular weight excluding hydrogens is 216 g/mol. The number of ether oxygens (including phenoxy) is 1. The third-order valence-electron chi connectivity index (χ3n) is 2.11. The molecule has 0 bridgehead atoms. The number of rotatable bonds is 3. The molecule has 0 saturated carbocycles. The second-order valence-corrected chi connectivity index (χ2v) is 3.87. The minimum absolute atomic E-state index is 0.562. The molecule has 0 heterocycles. The van der Waals surface area contributed by atoms with Crippen LogP contribution in [0.3, 0.4) is 0 Å². The van der Waals surface area contributed by atoms with Gasteiger partial charge in [0, 0.05) is 5.02 Å². The highest BCUT2D eigenvalue weighted by atomic mass is 35.5. The third-order valence-corrected chi connectivity index (χ3v) is 2.51. The Kier molecular flexibility index (Phi) is 3.58. The maximum Gasteiger partial charge on any atom is 0.344 e. The molecule has 0 amide bonds. The Morgan fingerprint density at radius 1 is 1.40 bits per heavy atom. The van der Waals surface area contributed by atoms with Crippen molar-refractivity contribution in [2.24, 2.45) is 0 Å². The summed E-state index contributed by atoms with van der Waals surface area (Å²) < 4.78 is 5.28. The van der Waals surface area contributed by atoms with Crippen LogP contribution in [0.5, 0.6) is 5.75 Å². The van der Waals surface area contributed by atoms with Gasteiger partial charge in [-0.15, -0.1) is 0 Å². The van der Waals surface area contributed by atoms with Gasteiger partial charge in [0.05, 0.1) is 0 Å². The number of carbonyl (C=O) groups is 1. The van der Waals surface area contributed by atoms with E-state index in [1.54, 1.807) is 12.1 Å². The number of benzene rings is 1. The van der Waals surface area contributed by atoms with Crippen LogP contribution in [0.4, 0.5) is 0 Å². The lowest BCUT2D eigenvalue weighted by atomic mass is 10.1. The molecule has 0 saturated heterocycles. The van der Waals surface area contributed by atoms with Gasteiger partial charge in [0.15, 0.2) is 6.10 Å². The van der Waals surface area contributed by atoms with Crippen molar-refractivity contribution in [3.8, 4) is 5.75 Å². The molecule has 82 valence electrons. The van der Waals surface area contributed by atoms with E-state index in [4.69, 9.17) is 21.4 Å². The number of aliphatic carboxylic acids is 1. The van der Waals surface area contributed by atoms with Crippen LogP contribution in [0.1, 0.15) is 18.1 Å². The van der Waals surface area contributed by atoms with Crippen molar-refractivity contribution in [1.82, 2.24) is 0 Å². The largest absolute Gasteiger partial charge is 0.479 e. The topological polar surface area (TPSA) is 46.5 Å². The highest BCUT2D eigenvalue weighted by molar-refractivity contribution is 6.31. The Morgan fingerprint density at radius 3 is 2.53 bits per heavy atom. The Labute approximate surface area is 93.6 Å². The van der Waals surface area contributed by atoms with E-state index in [0.717, 1.165) is 11.1 Å². The Bertz CT molecular complexity index is 388. The van der Waals surface area contributed by atoms with Gasteiger partial charge in [-0.05, 0) is 44.0 Å². The van der Waals surface area contributed by atoms with Crippen LogP contribution in [-0.4, -0.2) is 17.2 Å². The lowest BCUT2D eigenvalue weighted by Crippen LogP contribution is -2.23. The van der Waals surface area contributed by atoms with E-state index in [1.807, 2.05) is 13.8 Å². The predicted molar refractivity (Wildman–Crippen MR) is 58.7 cm³/mol. The Balaban J connectivity index is 2.95. The van der Waals surface area contributed by atoms with Crippen molar-refractivity contribution < 1.29 is 14.6 Å². The molecule has 0 fully saturated rings. The molecule has 1 aromatic rings. The van der Waals surface area contributed by atoms with Crippen molar-refractivity contribution in [2.75, 3.05) is 0 Å². The van der Waals surface area contributed by atoms with E-state index >= 15 is 0 Å². The van der Waals surface area contributed by atoms with Gasteiger partial charge in [0.2, 0.25) is 0 Å². The summed E-state index contributed by atoms with van der Waals surface area (Å²) in [4.78, 5) is 10.6. The minimum Gasteiger partial charge on any atom is -0.479 e. The van der Waals surface area contributed by atoms with Gasteiger partial charge in [-0.2, -0.15) is 0 Å². The smallest absolute Gasteiger partial charge is 0.344 e. The lowest BCUT2D eigenvalue weighted by Gasteiger charge is -2.13. The summed E-state index contributed by atoms with van der Waals surface area (Å²) in [7, 11) is 0. The maximum absolute atomic E-state index is 10.6. The van der Waals surface area contributed by atoms with E-state index in [0.29, 0.717) is 10.8 Å². The van der Waals surface area contributed by atoms with E-state index in [2.05, 4.69) is 0 Å². The average Bonchev–Trinajstić information content (AvgIpc) is 2.13. The number of hydrogen-bond donors (Lipinski definition) is 1. The predicted octanol–water partition coefficient (Wildman–Crippen LogP) is 2.81. The second-order valence-electron chi connectivity index (χ2n) is 3.47. The number of carboxylic acids is 1. The molecule has 1 unspecified atom stereocenters. The molecule has 0 aliphatic carbocycles. The molecule has 15 heavy (non-hydrogen) atoms. The monoisotopic (exact) mass is 228 g/mol. The lowest BCUT2D eigenvalue weighted by molar-refractivity contribution is -0.144. The molecule has 1 rings (SSSR count). The van der Waals surface area contributed by atoms with E-state index in [-0.39, 0.29) is 0 Å². The van der Waals surface area contributed by atoms with Crippen molar-refractivity contribution in [1.29, 1.82) is 0 Å². The van der Waals surface area contributed by atoms with Crippen LogP contribution >= 0.6 is 11.6 Å². The normalized spacial score (nSPS) is 12.3. The Morgan fingerprint density at radius 2 is 2.00 bits per heavy atom. The van der Waals surface area contributed by atoms with Crippen molar-refractivity contribution in [2.45, 2.75) is 26.9 Å². The van der Waals surface area contributed by atoms with Gasteiger partial charge >= 0.3 is 5.97 Å². The molecule has 4 heteroatoms.